The van der Waals surface area contributed by atoms with Crippen LogP contribution >= 0.6 is 0 Å². The van der Waals surface area contributed by atoms with Crippen molar-refractivity contribution < 1.29 is 0 Å². The van der Waals surface area contributed by atoms with Gasteiger partial charge in [-0.15, -0.1) is 10.2 Å². The SMILES string of the molecule is Cn1cnnc1CNc1cc(N)nc(N)n1. The Labute approximate surface area is 91.7 Å². The Kier molecular flexibility index (Phi) is 2.54. The molecule has 8 heteroatoms. The van der Waals surface area contributed by atoms with Crippen LogP contribution < -0.4 is 16.8 Å². The van der Waals surface area contributed by atoms with E-state index in [0.29, 0.717) is 18.2 Å². The molecule has 0 aliphatic carbocycles. The highest BCUT2D eigenvalue weighted by atomic mass is 15.3. The van der Waals surface area contributed by atoms with Gasteiger partial charge in [-0.3, -0.25) is 0 Å². The van der Waals surface area contributed by atoms with E-state index in [9.17, 15) is 0 Å². The van der Waals surface area contributed by atoms with Crippen molar-refractivity contribution in [3.8, 4) is 0 Å². The average Bonchev–Trinajstić information content (AvgIpc) is 2.59. The highest BCUT2D eigenvalue weighted by Crippen LogP contribution is 2.09. The monoisotopic (exact) mass is 220 g/mol. The summed E-state index contributed by atoms with van der Waals surface area (Å²) in [5.74, 6) is 1.82. The van der Waals surface area contributed by atoms with Gasteiger partial charge in [-0.2, -0.15) is 9.97 Å². The number of nitrogens with zero attached hydrogens (tertiary/aromatic N) is 5. The van der Waals surface area contributed by atoms with E-state index in [1.54, 1.807) is 17.0 Å². The van der Waals surface area contributed by atoms with Crippen LogP contribution in [0.5, 0.6) is 0 Å². The van der Waals surface area contributed by atoms with Crippen molar-refractivity contribution in [3.05, 3.63) is 18.2 Å². The first-order valence-electron chi connectivity index (χ1n) is 4.62. The van der Waals surface area contributed by atoms with Gasteiger partial charge in [0, 0.05) is 13.1 Å². The number of hydrogen-bond acceptors (Lipinski definition) is 7. The lowest BCUT2D eigenvalue weighted by Crippen LogP contribution is -2.09. The van der Waals surface area contributed by atoms with Crippen LogP contribution in [0.2, 0.25) is 0 Å². The Hall–Kier alpha value is -2.38. The molecule has 0 saturated carbocycles. The lowest BCUT2D eigenvalue weighted by molar-refractivity contribution is 0.810. The summed E-state index contributed by atoms with van der Waals surface area (Å²) >= 11 is 0. The van der Waals surface area contributed by atoms with Crippen molar-refractivity contribution in [1.82, 2.24) is 24.7 Å². The van der Waals surface area contributed by atoms with E-state index in [4.69, 9.17) is 11.5 Å². The Bertz CT molecular complexity index is 470. The van der Waals surface area contributed by atoms with Crippen LogP contribution in [-0.4, -0.2) is 24.7 Å². The van der Waals surface area contributed by atoms with Gasteiger partial charge in [-0.1, -0.05) is 0 Å². The van der Waals surface area contributed by atoms with Gasteiger partial charge in [0.25, 0.3) is 0 Å². The van der Waals surface area contributed by atoms with Crippen molar-refractivity contribution in [2.75, 3.05) is 16.8 Å². The smallest absolute Gasteiger partial charge is 0.223 e. The molecule has 0 fully saturated rings. The van der Waals surface area contributed by atoms with Gasteiger partial charge in [0.2, 0.25) is 5.95 Å². The maximum absolute atomic E-state index is 5.53. The quantitative estimate of drug-likeness (QED) is 0.630. The summed E-state index contributed by atoms with van der Waals surface area (Å²) in [6.07, 6.45) is 1.62. The van der Waals surface area contributed by atoms with Gasteiger partial charge in [0.1, 0.15) is 18.0 Å². The highest BCUT2D eigenvalue weighted by molar-refractivity contribution is 5.48. The van der Waals surface area contributed by atoms with Crippen LogP contribution in [0, 0.1) is 0 Å². The lowest BCUT2D eigenvalue weighted by atomic mass is 10.5. The first kappa shape index (κ1) is 10.1. The minimum absolute atomic E-state index is 0.139. The maximum Gasteiger partial charge on any atom is 0.223 e. The van der Waals surface area contributed by atoms with Crippen LogP contribution in [0.1, 0.15) is 5.82 Å². The molecule has 0 bridgehead atoms. The number of rotatable bonds is 3. The third kappa shape index (κ3) is 2.16. The molecule has 0 spiro atoms. The third-order valence-corrected chi connectivity index (χ3v) is 2.00. The topological polar surface area (TPSA) is 121 Å². The van der Waals surface area contributed by atoms with Gasteiger partial charge in [0.15, 0.2) is 5.82 Å². The molecular formula is C8H12N8. The van der Waals surface area contributed by atoms with E-state index in [1.165, 1.54) is 0 Å². The van der Waals surface area contributed by atoms with Crippen molar-refractivity contribution >= 4 is 17.6 Å². The van der Waals surface area contributed by atoms with E-state index < -0.39 is 0 Å². The summed E-state index contributed by atoms with van der Waals surface area (Å²) in [5.41, 5.74) is 11.0. The lowest BCUT2D eigenvalue weighted by Gasteiger charge is -2.05. The molecule has 0 aromatic carbocycles. The molecule has 0 atom stereocenters. The number of nitrogen functional groups attached to an aromatic ring is 2. The summed E-state index contributed by atoms with van der Waals surface area (Å²) < 4.78 is 1.81. The fourth-order valence-corrected chi connectivity index (χ4v) is 1.21. The fourth-order valence-electron chi connectivity index (χ4n) is 1.21. The zero-order chi connectivity index (χ0) is 11.5. The molecule has 2 heterocycles. The highest BCUT2D eigenvalue weighted by Gasteiger charge is 2.02. The van der Waals surface area contributed by atoms with Crippen molar-refractivity contribution in [2.24, 2.45) is 7.05 Å². The van der Waals surface area contributed by atoms with Gasteiger partial charge < -0.3 is 21.4 Å². The van der Waals surface area contributed by atoms with Crippen molar-refractivity contribution in [3.63, 3.8) is 0 Å². The molecule has 84 valence electrons. The molecule has 0 aliphatic rings. The van der Waals surface area contributed by atoms with E-state index in [1.807, 2.05) is 7.05 Å². The molecule has 0 aliphatic heterocycles. The number of aromatic nitrogens is 5. The van der Waals surface area contributed by atoms with Crippen molar-refractivity contribution in [2.45, 2.75) is 6.54 Å². The molecule has 2 aromatic rings. The van der Waals surface area contributed by atoms with Crippen LogP contribution in [0.25, 0.3) is 0 Å². The second-order valence-electron chi connectivity index (χ2n) is 3.25. The second kappa shape index (κ2) is 4.01. The average molecular weight is 220 g/mol. The molecule has 0 unspecified atom stereocenters. The molecule has 5 N–H and O–H groups in total. The van der Waals surface area contributed by atoms with E-state index in [2.05, 4.69) is 25.5 Å². The Morgan fingerprint density at radius 2 is 2.19 bits per heavy atom. The summed E-state index contributed by atoms with van der Waals surface area (Å²) in [6.45, 7) is 0.492. The van der Waals surface area contributed by atoms with Gasteiger partial charge in [0.05, 0.1) is 6.54 Å². The number of anilines is 3. The number of nitrogens with two attached hydrogens (primary N) is 2. The minimum atomic E-state index is 0.139. The predicted octanol–water partition coefficient (Wildman–Crippen LogP) is -0.618. The molecule has 0 amide bonds. The Morgan fingerprint density at radius 3 is 2.81 bits per heavy atom. The van der Waals surface area contributed by atoms with E-state index >= 15 is 0 Å². The first-order chi connectivity index (χ1) is 7.65. The molecule has 0 saturated heterocycles. The van der Waals surface area contributed by atoms with Crippen LogP contribution in [0.3, 0.4) is 0 Å². The summed E-state index contributed by atoms with van der Waals surface area (Å²) in [4.78, 5) is 7.75. The third-order valence-electron chi connectivity index (χ3n) is 2.00. The Morgan fingerprint density at radius 1 is 1.38 bits per heavy atom. The standard InChI is InChI=1S/C8H12N8/c1-16-4-12-15-7(16)3-11-6-2-5(9)13-8(10)14-6/h2,4H,3H2,1H3,(H5,9,10,11,13,14). The van der Waals surface area contributed by atoms with Gasteiger partial charge in [-0.05, 0) is 0 Å². The predicted molar refractivity (Wildman–Crippen MR) is 59.2 cm³/mol. The zero-order valence-corrected chi connectivity index (χ0v) is 8.75. The van der Waals surface area contributed by atoms with Crippen LogP contribution in [-0.2, 0) is 13.6 Å². The van der Waals surface area contributed by atoms with Crippen molar-refractivity contribution in [1.29, 1.82) is 0 Å². The Balaban J connectivity index is 2.07. The maximum atomic E-state index is 5.53. The molecule has 16 heavy (non-hydrogen) atoms. The molecule has 0 radical (unpaired) electrons. The fraction of sp³-hybridized carbons (Fsp3) is 0.250. The summed E-state index contributed by atoms with van der Waals surface area (Å²) in [5, 5.41) is 10.7. The van der Waals surface area contributed by atoms with Crippen LogP contribution in [0.15, 0.2) is 12.4 Å². The van der Waals surface area contributed by atoms with Gasteiger partial charge >= 0.3 is 0 Å². The zero-order valence-electron chi connectivity index (χ0n) is 8.75. The van der Waals surface area contributed by atoms with E-state index in [0.717, 1.165) is 5.82 Å². The summed E-state index contributed by atoms with van der Waals surface area (Å²) in [6, 6.07) is 1.60. The largest absolute Gasteiger partial charge is 0.383 e. The van der Waals surface area contributed by atoms with Crippen LogP contribution in [0.4, 0.5) is 17.6 Å². The normalized spacial score (nSPS) is 10.3. The molecule has 2 rings (SSSR count). The molecular weight excluding hydrogens is 208 g/mol. The number of nitrogens with one attached hydrogen (secondary N) is 1. The minimum Gasteiger partial charge on any atom is -0.383 e. The summed E-state index contributed by atoms with van der Waals surface area (Å²) in [7, 11) is 1.86. The van der Waals surface area contributed by atoms with Gasteiger partial charge in [-0.25, -0.2) is 0 Å². The van der Waals surface area contributed by atoms with E-state index in [-0.39, 0.29) is 5.95 Å². The molecule has 8 nitrogen and oxygen atoms in total. The molecule has 2 aromatic heterocycles. The first-order valence-corrected chi connectivity index (χ1v) is 4.62. The second-order valence-corrected chi connectivity index (χ2v) is 3.25. The number of hydrogen-bond donors (Lipinski definition) is 3. The number of aryl methyl sites for hydroxylation is 1.